The highest BCUT2D eigenvalue weighted by Crippen LogP contribution is 2.34. The van der Waals surface area contributed by atoms with E-state index in [0.717, 1.165) is 16.8 Å². The molecule has 28 heavy (non-hydrogen) atoms. The van der Waals surface area contributed by atoms with Gasteiger partial charge in [-0.2, -0.15) is 4.98 Å². The van der Waals surface area contributed by atoms with Crippen molar-refractivity contribution in [2.75, 3.05) is 25.7 Å². The molecular weight excluding hydrogens is 358 g/mol. The Hall–Kier alpha value is -3.35. The molecule has 2 heterocycles. The second-order valence-electron chi connectivity index (χ2n) is 6.77. The topological polar surface area (TPSA) is 77.7 Å². The first-order chi connectivity index (χ1) is 13.6. The van der Waals surface area contributed by atoms with Gasteiger partial charge in [-0.3, -0.25) is 4.79 Å². The van der Waals surface area contributed by atoms with Crippen molar-refractivity contribution in [3.63, 3.8) is 0 Å². The van der Waals surface area contributed by atoms with Gasteiger partial charge in [0.15, 0.2) is 11.5 Å². The number of aryl methyl sites for hydroxylation is 1. The number of methoxy groups -OCH3 is 2. The summed E-state index contributed by atoms with van der Waals surface area (Å²) in [5.74, 6) is 2.07. The second-order valence-corrected chi connectivity index (χ2v) is 6.77. The first kappa shape index (κ1) is 18.0. The van der Waals surface area contributed by atoms with Gasteiger partial charge < -0.3 is 18.9 Å². The van der Waals surface area contributed by atoms with Crippen molar-refractivity contribution in [3.8, 4) is 22.9 Å². The molecular formula is C21H21N3O4. The van der Waals surface area contributed by atoms with Crippen LogP contribution in [0.25, 0.3) is 11.4 Å². The van der Waals surface area contributed by atoms with Crippen molar-refractivity contribution in [2.24, 2.45) is 0 Å². The molecule has 0 spiro atoms. The summed E-state index contributed by atoms with van der Waals surface area (Å²) in [5, 5.41) is 4.08. The minimum Gasteiger partial charge on any atom is -0.493 e. The van der Waals surface area contributed by atoms with E-state index in [1.807, 2.05) is 37.3 Å². The highest BCUT2D eigenvalue weighted by molar-refractivity contribution is 5.96. The molecule has 0 bridgehead atoms. The van der Waals surface area contributed by atoms with Crippen molar-refractivity contribution in [1.29, 1.82) is 0 Å². The third kappa shape index (κ3) is 3.31. The first-order valence-corrected chi connectivity index (χ1v) is 9.02. The van der Waals surface area contributed by atoms with Crippen molar-refractivity contribution in [2.45, 2.75) is 19.3 Å². The first-order valence-electron chi connectivity index (χ1n) is 9.02. The lowest BCUT2D eigenvalue weighted by molar-refractivity contribution is -0.117. The highest BCUT2D eigenvalue weighted by atomic mass is 16.5. The molecule has 1 amide bonds. The van der Waals surface area contributed by atoms with Crippen LogP contribution in [0.2, 0.25) is 0 Å². The molecule has 1 aliphatic heterocycles. The molecule has 0 N–H and O–H groups in total. The van der Waals surface area contributed by atoms with Crippen molar-refractivity contribution >= 4 is 11.6 Å². The Morgan fingerprint density at radius 3 is 2.54 bits per heavy atom. The Morgan fingerprint density at radius 1 is 1.07 bits per heavy atom. The van der Waals surface area contributed by atoms with E-state index in [1.54, 1.807) is 31.3 Å². The molecule has 1 fully saturated rings. The molecule has 7 nitrogen and oxygen atoms in total. The molecule has 4 rings (SSSR count). The molecule has 1 aliphatic rings. The molecule has 0 radical (unpaired) electrons. The number of carbonyl (C=O) groups is 1. The fraction of sp³-hybridized carbons (Fsp3) is 0.286. The lowest BCUT2D eigenvalue weighted by Gasteiger charge is -2.16. The van der Waals surface area contributed by atoms with Gasteiger partial charge in [0.05, 0.1) is 20.1 Å². The number of nitrogens with zero attached hydrogens (tertiary/aromatic N) is 3. The van der Waals surface area contributed by atoms with E-state index in [1.165, 1.54) is 0 Å². The summed E-state index contributed by atoms with van der Waals surface area (Å²) >= 11 is 0. The lowest BCUT2D eigenvalue weighted by atomic mass is 10.1. The SMILES string of the molecule is COc1ccc(-c2noc(C3CC(=O)N(c4ccc(C)cc4)C3)n2)cc1OC. The molecule has 1 saturated heterocycles. The highest BCUT2D eigenvalue weighted by Gasteiger charge is 2.35. The maximum absolute atomic E-state index is 12.5. The number of hydrogen-bond acceptors (Lipinski definition) is 6. The van der Waals surface area contributed by atoms with Gasteiger partial charge in [-0.15, -0.1) is 0 Å². The zero-order valence-corrected chi connectivity index (χ0v) is 16.0. The largest absolute Gasteiger partial charge is 0.493 e. The van der Waals surface area contributed by atoms with E-state index in [0.29, 0.717) is 36.2 Å². The van der Waals surface area contributed by atoms with Crippen LogP contribution in [0, 0.1) is 6.92 Å². The molecule has 0 aliphatic carbocycles. The molecule has 1 unspecified atom stereocenters. The van der Waals surface area contributed by atoms with Crippen LogP contribution >= 0.6 is 0 Å². The Kier molecular flexibility index (Phi) is 4.73. The van der Waals surface area contributed by atoms with Gasteiger partial charge in [-0.1, -0.05) is 22.9 Å². The Morgan fingerprint density at radius 2 is 1.82 bits per heavy atom. The number of carbonyl (C=O) groups excluding carboxylic acids is 1. The molecule has 144 valence electrons. The average molecular weight is 379 g/mol. The Labute approximate surface area is 162 Å². The number of benzene rings is 2. The normalized spacial score (nSPS) is 16.5. The smallest absolute Gasteiger partial charge is 0.232 e. The summed E-state index contributed by atoms with van der Waals surface area (Å²) in [7, 11) is 3.16. The second kappa shape index (κ2) is 7.34. The standard InChI is InChI=1S/C21H21N3O4/c1-13-4-7-16(8-5-13)24-12-15(11-19(24)25)21-22-20(23-28-21)14-6-9-17(26-2)18(10-14)27-3/h4-10,15H,11-12H2,1-3H3. The molecule has 1 aromatic heterocycles. The third-order valence-electron chi connectivity index (χ3n) is 4.90. The van der Waals surface area contributed by atoms with Crippen LogP contribution in [0.5, 0.6) is 11.5 Å². The van der Waals surface area contributed by atoms with E-state index in [4.69, 9.17) is 14.0 Å². The quantitative estimate of drug-likeness (QED) is 0.674. The summed E-state index contributed by atoms with van der Waals surface area (Å²) in [6.45, 7) is 2.54. The van der Waals surface area contributed by atoms with Crippen LogP contribution in [-0.4, -0.2) is 36.8 Å². The van der Waals surface area contributed by atoms with E-state index >= 15 is 0 Å². The summed E-state index contributed by atoms with van der Waals surface area (Å²) in [6.07, 6.45) is 0.349. The third-order valence-corrected chi connectivity index (χ3v) is 4.90. The van der Waals surface area contributed by atoms with Crippen molar-refractivity contribution in [1.82, 2.24) is 10.1 Å². The molecule has 1 atom stereocenters. The van der Waals surface area contributed by atoms with Crippen molar-refractivity contribution < 1.29 is 18.8 Å². The average Bonchev–Trinajstić information content (AvgIpc) is 3.35. The van der Waals surface area contributed by atoms with Gasteiger partial charge in [0.25, 0.3) is 0 Å². The summed E-state index contributed by atoms with van der Waals surface area (Å²) in [4.78, 5) is 18.8. The monoisotopic (exact) mass is 379 g/mol. The van der Waals surface area contributed by atoms with Gasteiger partial charge in [0.2, 0.25) is 17.6 Å². The minimum absolute atomic E-state index is 0.0553. The van der Waals surface area contributed by atoms with Crippen LogP contribution in [0.4, 0.5) is 5.69 Å². The van der Waals surface area contributed by atoms with Gasteiger partial charge in [-0.25, -0.2) is 0 Å². The zero-order valence-electron chi connectivity index (χ0n) is 16.0. The van der Waals surface area contributed by atoms with Crippen LogP contribution < -0.4 is 14.4 Å². The van der Waals surface area contributed by atoms with Gasteiger partial charge in [-0.05, 0) is 37.3 Å². The van der Waals surface area contributed by atoms with Crippen LogP contribution in [0.1, 0.15) is 23.8 Å². The predicted molar refractivity (Wildman–Crippen MR) is 104 cm³/mol. The summed E-state index contributed by atoms with van der Waals surface area (Å²) in [6, 6.07) is 13.3. The minimum atomic E-state index is -0.129. The number of amides is 1. The van der Waals surface area contributed by atoms with Crippen molar-refractivity contribution in [3.05, 3.63) is 53.9 Å². The summed E-state index contributed by atoms with van der Waals surface area (Å²) < 4.78 is 16.1. The fourth-order valence-corrected chi connectivity index (χ4v) is 3.34. The Balaban J connectivity index is 1.55. The van der Waals surface area contributed by atoms with Gasteiger partial charge in [0, 0.05) is 24.2 Å². The Bertz CT molecular complexity index is 997. The summed E-state index contributed by atoms with van der Waals surface area (Å²) in [5.41, 5.74) is 2.80. The molecule has 0 saturated carbocycles. The van der Waals surface area contributed by atoms with E-state index in [2.05, 4.69) is 10.1 Å². The maximum atomic E-state index is 12.5. The maximum Gasteiger partial charge on any atom is 0.232 e. The van der Waals surface area contributed by atoms with Crippen LogP contribution in [-0.2, 0) is 4.79 Å². The van der Waals surface area contributed by atoms with E-state index in [-0.39, 0.29) is 11.8 Å². The molecule has 7 heteroatoms. The van der Waals surface area contributed by atoms with E-state index in [9.17, 15) is 4.79 Å². The molecule has 2 aromatic carbocycles. The molecule has 3 aromatic rings. The predicted octanol–water partition coefficient (Wildman–Crippen LogP) is 3.58. The van der Waals surface area contributed by atoms with Gasteiger partial charge in [0.1, 0.15) is 0 Å². The van der Waals surface area contributed by atoms with Crippen LogP contribution in [0.3, 0.4) is 0 Å². The zero-order chi connectivity index (χ0) is 19.7. The number of aromatic nitrogens is 2. The van der Waals surface area contributed by atoms with E-state index < -0.39 is 0 Å². The fourth-order valence-electron chi connectivity index (χ4n) is 3.34. The number of anilines is 1. The number of ether oxygens (including phenoxy) is 2. The van der Waals surface area contributed by atoms with Crippen LogP contribution in [0.15, 0.2) is 47.0 Å². The number of rotatable bonds is 5. The number of hydrogen-bond donors (Lipinski definition) is 0. The van der Waals surface area contributed by atoms with Gasteiger partial charge >= 0.3 is 0 Å². The lowest BCUT2D eigenvalue weighted by Crippen LogP contribution is -2.24.